The van der Waals surface area contributed by atoms with E-state index in [2.05, 4.69) is 16.0 Å². The monoisotopic (exact) mass is 419 g/mol. The molecule has 0 bridgehead atoms. The number of nitrogens with zero attached hydrogens (tertiary/aromatic N) is 4. The summed E-state index contributed by atoms with van der Waals surface area (Å²) in [5, 5.41) is 9.50. The Morgan fingerprint density at radius 2 is 1.93 bits per heavy atom. The van der Waals surface area contributed by atoms with Crippen molar-refractivity contribution in [2.75, 3.05) is 18.0 Å². The van der Waals surface area contributed by atoms with Gasteiger partial charge in [-0.2, -0.15) is 5.26 Å². The summed E-state index contributed by atoms with van der Waals surface area (Å²) >= 11 is 6.04. The number of hydrogen-bond donors (Lipinski definition) is 1. The van der Waals surface area contributed by atoms with Crippen LogP contribution in [0.1, 0.15) is 22.9 Å². The van der Waals surface area contributed by atoms with Gasteiger partial charge in [0.1, 0.15) is 0 Å². The van der Waals surface area contributed by atoms with E-state index in [1.54, 1.807) is 53.8 Å². The number of aromatic amines is 1. The second-order valence-corrected chi connectivity index (χ2v) is 7.41. The predicted molar refractivity (Wildman–Crippen MR) is 112 cm³/mol. The highest BCUT2D eigenvalue weighted by Gasteiger charge is 2.38. The molecule has 8 heteroatoms. The molecule has 2 amide bonds. The molecule has 1 fully saturated rings. The van der Waals surface area contributed by atoms with Gasteiger partial charge in [-0.25, -0.2) is 4.98 Å². The molecule has 2 heterocycles. The molecule has 1 aliphatic rings. The Hall–Kier alpha value is -3.63. The van der Waals surface area contributed by atoms with Gasteiger partial charge < -0.3 is 14.8 Å². The van der Waals surface area contributed by atoms with Crippen LogP contribution in [0.25, 0.3) is 0 Å². The Morgan fingerprint density at radius 1 is 1.13 bits per heavy atom. The lowest BCUT2D eigenvalue weighted by molar-refractivity contribution is -0.148. The standard InChI is InChI=1S/C22H18ClN5O2/c23-17-2-1-3-18(11-17)27-8-9-28(22(30)21(27)29)20(19-13-25-14-26-19)10-15-4-6-16(12-24)7-5-15/h1-7,11,13-14,20H,8-10H2,(H,25,26). The lowest BCUT2D eigenvalue weighted by atomic mass is 10.00. The fourth-order valence-electron chi connectivity index (χ4n) is 3.61. The molecule has 0 saturated carbocycles. The quantitative estimate of drug-likeness (QED) is 0.643. The summed E-state index contributed by atoms with van der Waals surface area (Å²) in [5.74, 6) is -1.16. The highest BCUT2D eigenvalue weighted by Crippen LogP contribution is 2.28. The number of nitrogens with one attached hydrogen (secondary N) is 1. The number of carbonyl (C=O) groups is 2. The minimum absolute atomic E-state index is 0.364. The van der Waals surface area contributed by atoms with E-state index in [-0.39, 0.29) is 6.04 Å². The molecule has 1 aromatic heterocycles. The molecule has 2 aromatic carbocycles. The highest BCUT2D eigenvalue weighted by atomic mass is 35.5. The second-order valence-electron chi connectivity index (χ2n) is 6.97. The third-order valence-corrected chi connectivity index (χ3v) is 5.38. The van der Waals surface area contributed by atoms with Crippen LogP contribution in [0.3, 0.4) is 0 Å². The first-order valence-electron chi connectivity index (χ1n) is 9.42. The number of nitriles is 1. The molecule has 1 N–H and O–H groups in total. The van der Waals surface area contributed by atoms with Crippen molar-refractivity contribution in [3.8, 4) is 6.07 Å². The normalized spacial score (nSPS) is 15.2. The molecule has 150 valence electrons. The zero-order valence-corrected chi connectivity index (χ0v) is 16.7. The summed E-state index contributed by atoms with van der Waals surface area (Å²) in [7, 11) is 0. The molecule has 0 aliphatic carbocycles. The Morgan fingerprint density at radius 3 is 2.60 bits per heavy atom. The molecule has 7 nitrogen and oxygen atoms in total. The number of H-pyrrole nitrogens is 1. The Labute approximate surface area is 178 Å². The summed E-state index contributed by atoms with van der Waals surface area (Å²) in [6.45, 7) is 0.736. The average Bonchev–Trinajstić information content (AvgIpc) is 3.29. The number of piperazine rings is 1. The fraction of sp³-hybridized carbons (Fsp3) is 0.182. The second kappa shape index (κ2) is 8.39. The van der Waals surface area contributed by atoms with Crippen LogP contribution in [0.15, 0.2) is 61.1 Å². The van der Waals surface area contributed by atoms with Crippen LogP contribution in [0.5, 0.6) is 0 Å². The molecule has 0 spiro atoms. The van der Waals surface area contributed by atoms with Crippen LogP contribution >= 0.6 is 11.6 Å². The predicted octanol–water partition coefficient (Wildman–Crippen LogP) is 3.09. The number of carbonyl (C=O) groups excluding carboxylic acids is 2. The molecule has 4 rings (SSSR count). The third-order valence-electron chi connectivity index (χ3n) is 5.14. The Balaban J connectivity index is 1.59. The van der Waals surface area contributed by atoms with Gasteiger partial charge in [0.15, 0.2) is 0 Å². The first-order chi connectivity index (χ1) is 14.6. The zero-order valence-electron chi connectivity index (χ0n) is 16.0. The van der Waals surface area contributed by atoms with Crippen LogP contribution in [0.4, 0.5) is 5.69 Å². The molecule has 3 aromatic rings. The number of aromatic nitrogens is 2. The number of hydrogen-bond acceptors (Lipinski definition) is 4. The van der Waals surface area contributed by atoms with Gasteiger partial charge in [-0.15, -0.1) is 0 Å². The van der Waals surface area contributed by atoms with Crippen LogP contribution in [-0.2, 0) is 16.0 Å². The van der Waals surface area contributed by atoms with Crippen molar-refractivity contribution in [3.05, 3.63) is 82.9 Å². The van der Waals surface area contributed by atoms with Crippen molar-refractivity contribution in [2.45, 2.75) is 12.5 Å². The van der Waals surface area contributed by atoms with Gasteiger partial charge in [-0.1, -0.05) is 29.8 Å². The van der Waals surface area contributed by atoms with Gasteiger partial charge in [0, 0.05) is 23.8 Å². The SMILES string of the molecule is N#Cc1ccc(CC(c2cnc[nH]2)N2CCN(c3cccc(Cl)c3)C(=O)C2=O)cc1. The molecule has 1 aliphatic heterocycles. The lowest BCUT2D eigenvalue weighted by Gasteiger charge is -2.38. The van der Waals surface area contributed by atoms with Crippen molar-refractivity contribution < 1.29 is 9.59 Å². The van der Waals surface area contributed by atoms with Crippen molar-refractivity contribution >= 4 is 29.1 Å². The first-order valence-corrected chi connectivity index (χ1v) is 9.80. The van der Waals surface area contributed by atoms with Crippen molar-refractivity contribution in [2.24, 2.45) is 0 Å². The minimum Gasteiger partial charge on any atom is -0.347 e. The summed E-state index contributed by atoms with van der Waals surface area (Å²) in [5.41, 5.74) is 2.87. The van der Waals surface area contributed by atoms with Gasteiger partial charge in [-0.3, -0.25) is 9.59 Å². The zero-order chi connectivity index (χ0) is 21.1. The van der Waals surface area contributed by atoms with Gasteiger partial charge in [-0.05, 0) is 42.3 Å². The number of halogens is 1. The van der Waals surface area contributed by atoms with E-state index in [1.807, 2.05) is 12.1 Å². The van der Waals surface area contributed by atoms with Gasteiger partial charge >= 0.3 is 11.8 Å². The van der Waals surface area contributed by atoms with Crippen molar-refractivity contribution in [1.82, 2.24) is 14.9 Å². The van der Waals surface area contributed by atoms with Crippen LogP contribution in [0.2, 0.25) is 5.02 Å². The van der Waals surface area contributed by atoms with Crippen LogP contribution < -0.4 is 4.90 Å². The molecule has 30 heavy (non-hydrogen) atoms. The largest absolute Gasteiger partial charge is 0.347 e. The van der Waals surface area contributed by atoms with E-state index in [1.165, 1.54) is 4.90 Å². The van der Waals surface area contributed by atoms with Gasteiger partial charge in [0.25, 0.3) is 0 Å². The molecule has 1 atom stereocenters. The Bertz CT molecular complexity index is 1110. The lowest BCUT2D eigenvalue weighted by Crippen LogP contribution is -2.55. The maximum Gasteiger partial charge on any atom is 0.316 e. The number of rotatable bonds is 5. The molecule has 1 unspecified atom stereocenters. The smallest absolute Gasteiger partial charge is 0.316 e. The molecular formula is C22H18ClN5O2. The summed E-state index contributed by atoms with van der Waals surface area (Å²) in [6, 6.07) is 15.8. The summed E-state index contributed by atoms with van der Waals surface area (Å²) < 4.78 is 0. The third kappa shape index (κ3) is 3.91. The van der Waals surface area contributed by atoms with E-state index in [0.29, 0.717) is 35.8 Å². The molecule has 1 saturated heterocycles. The average molecular weight is 420 g/mol. The van der Waals surface area contributed by atoms with Crippen LogP contribution in [0, 0.1) is 11.3 Å². The highest BCUT2D eigenvalue weighted by molar-refractivity contribution is 6.41. The summed E-state index contributed by atoms with van der Waals surface area (Å²) in [6.07, 6.45) is 3.70. The fourth-order valence-corrected chi connectivity index (χ4v) is 3.80. The van der Waals surface area contributed by atoms with Crippen LogP contribution in [-0.4, -0.2) is 39.8 Å². The molecule has 0 radical (unpaired) electrons. The maximum atomic E-state index is 13.0. The van der Waals surface area contributed by atoms with E-state index < -0.39 is 11.8 Å². The van der Waals surface area contributed by atoms with E-state index in [4.69, 9.17) is 16.9 Å². The maximum absolute atomic E-state index is 13.0. The van der Waals surface area contributed by atoms with Gasteiger partial charge in [0.05, 0.1) is 35.9 Å². The number of amides is 2. The number of benzene rings is 2. The van der Waals surface area contributed by atoms with E-state index >= 15 is 0 Å². The van der Waals surface area contributed by atoms with E-state index in [0.717, 1.165) is 11.3 Å². The topological polar surface area (TPSA) is 93.1 Å². The first kappa shape index (κ1) is 19.7. The van der Waals surface area contributed by atoms with Crippen molar-refractivity contribution in [3.63, 3.8) is 0 Å². The Kier molecular flexibility index (Phi) is 5.50. The minimum atomic E-state index is -0.590. The number of anilines is 1. The van der Waals surface area contributed by atoms with E-state index in [9.17, 15) is 9.59 Å². The van der Waals surface area contributed by atoms with Crippen molar-refractivity contribution in [1.29, 1.82) is 5.26 Å². The molecular weight excluding hydrogens is 402 g/mol. The summed E-state index contributed by atoms with van der Waals surface area (Å²) in [4.78, 5) is 36.1. The number of imidazole rings is 1. The van der Waals surface area contributed by atoms with Gasteiger partial charge in [0.2, 0.25) is 0 Å².